The van der Waals surface area contributed by atoms with Crippen molar-refractivity contribution in [1.29, 1.82) is 0 Å². The Bertz CT molecular complexity index is 301. The van der Waals surface area contributed by atoms with E-state index >= 15 is 0 Å². The van der Waals surface area contributed by atoms with Gasteiger partial charge >= 0.3 is 0 Å². The summed E-state index contributed by atoms with van der Waals surface area (Å²) < 4.78 is 0. The highest BCUT2D eigenvalue weighted by Gasteiger charge is 2.26. The quantitative estimate of drug-likeness (QED) is 0.611. The molecule has 12 heavy (non-hydrogen) atoms. The Labute approximate surface area is 70.9 Å². The van der Waals surface area contributed by atoms with Crippen LogP contribution in [0.25, 0.3) is 0 Å². The van der Waals surface area contributed by atoms with Gasteiger partial charge in [0, 0.05) is 25.2 Å². The van der Waals surface area contributed by atoms with Gasteiger partial charge in [0.25, 0.3) is 0 Å². The lowest BCUT2D eigenvalue weighted by molar-refractivity contribution is 0.104. The van der Waals surface area contributed by atoms with Crippen LogP contribution >= 0.6 is 0 Å². The predicted octanol–water partition coefficient (Wildman–Crippen LogP) is 1.25. The molecule has 0 unspecified atom stereocenters. The van der Waals surface area contributed by atoms with Crippen LogP contribution in [0.2, 0.25) is 0 Å². The maximum Gasteiger partial charge on any atom is 0.170 e. The molecule has 0 spiro atoms. The Balaban J connectivity index is 2.24. The lowest BCUT2D eigenvalue weighted by atomic mass is 10.2. The third-order valence-corrected chi connectivity index (χ3v) is 1.90. The molecule has 1 aliphatic carbocycles. The lowest BCUT2D eigenvalue weighted by Gasteiger charge is -1.96. The molecular weight excluding hydrogens is 152 g/mol. The summed E-state index contributed by atoms with van der Waals surface area (Å²) >= 11 is 0. The van der Waals surface area contributed by atoms with Gasteiger partial charge in [-0.1, -0.05) is 0 Å². The van der Waals surface area contributed by atoms with Gasteiger partial charge in [-0.15, -0.1) is 0 Å². The SMILES string of the molecule is [CH]C(=O)c1cnc(C2CC2)nc1. The van der Waals surface area contributed by atoms with E-state index in [2.05, 4.69) is 9.97 Å². The molecule has 2 rings (SSSR count). The van der Waals surface area contributed by atoms with Crippen LogP contribution in [0.1, 0.15) is 34.9 Å². The smallest absolute Gasteiger partial charge is 0.170 e. The zero-order chi connectivity index (χ0) is 8.55. The first kappa shape index (κ1) is 7.40. The van der Waals surface area contributed by atoms with Crippen LogP contribution in [-0.4, -0.2) is 15.8 Å². The van der Waals surface area contributed by atoms with Crippen LogP contribution in [0, 0.1) is 6.92 Å². The summed E-state index contributed by atoms with van der Waals surface area (Å²) in [5.74, 6) is 0.879. The van der Waals surface area contributed by atoms with E-state index in [0.29, 0.717) is 11.5 Å². The van der Waals surface area contributed by atoms with Crippen LogP contribution in [0.4, 0.5) is 0 Å². The molecule has 2 radical (unpaired) electrons. The molecule has 1 aliphatic rings. The molecule has 0 aromatic carbocycles. The Hall–Kier alpha value is -1.25. The largest absolute Gasteiger partial charge is 0.294 e. The van der Waals surface area contributed by atoms with Crippen LogP contribution in [0.5, 0.6) is 0 Å². The van der Waals surface area contributed by atoms with Crippen LogP contribution in [0.15, 0.2) is 12.4 Å². The molecule has 1 heterocycles. The highest BCUT2D eigenvalue weighted by molar-refractivity contribution is 5.98. The van der Waals surface area contributed by atoms with Gasteiger partial charge in [0.1, 0.15) is 5.82 Å². The number of ketones is 1. The third kappa shape index (κ3) is 1.35. The van der Waals surface area contributed by atoms with Gasteiger partial charge < -0.3 is 0 Å². The molecule has 3 heteroatoms. The molecule has 0 aliphatic heterocycles. The number of Topliss-reactive ketones (excluding diaryl/α,β-unsaturated/α-hetero) is 1. The summed E-state index contributed by atoms with van der Waals surface area (Å²) in [7, 11) is 0. The number of rotatable bonds is 2. The second kappa shape index (κ2) is 2.66. The third-order valence-electron chi connectivity index (χ3n) is 1.90. The zero-order valence-corrected chi connectivity index (χ0v) is 6.53. The maximum atomic E-state index is 10.6. The van der Waals surface area contributed by atoms with Crippen molar-refractivity contribution >= 4 is 5.78 Å². The monoisotopic (exact) mass is 160 g/mol. The molecule has 1 aromatic rings. The fourth-order valence-electron chi connectivity index (χ4n) is 1.02. The summed E-state index contributed by atoms with van der Waals surface area (Å²) in [5.41, 5.74) is 0.374. The number of hydrogen-bond acceptors (Lipinski definition) is 3. The standard InChI is InChI=1S/C9H8N2O/c1-6(12)8-4-10-9(11-5-8)7-2-3-7/h1,4-5,7H,2-3H2. The average molecular weight is 160 g/mol. The first-order valence-corrected chi connectivity index (χ1v) is 3.89. The minimum Gasteiger partial charge on any atom is -0.294 e. The minimum absolute atomic E-state index is 0.374. The van der Waals surface area contributed by atoms with Crippen molar-refractivity contribution in [3.05, 3.63) is 30.7 Å². The first-order chi connectivity index (χ1) is 5.77. The normalized spacial score (nSPS) is 16.1. The fraction of sp³-hybridized carbons (Fsp3) is 0.333. The van der Waals surface area contributed by atoms with E-state index in [1.807, 2.05) is 0 Å². The molecule has 1 aromatic heterocycles. The van der Waals surface area contributed by atoms with Gasteiger partial charge in [0.15, 0.2) is 5.78 Å². The van der Waals surface area contributed by atoms with Crippen molar-refractivity contribution in [2.24, 2.45) is 0 Å². The molecule has 0 saturated heterocycles. The van der Waals surface area contributed by atoms with Crippen molar-refractivity contribution in [3.63, 3.8) is 0 Å². The van der Waals surface area contributed by atoms with Crippen molar-refractivity contribution in [2.45, 2.75) is 18.8 Å². The van der Waals surface area contributed by atoms with Crippen molar-refractivity contribution < 1.29 is 4.79 Å². The van der Waals surface area contributed by atoms with Gasteiger partial charge in [-0.25, -0.2) is 9.97 Å². The van der Waals surface area contributed by atoms with E-state index in [-0.39, 0.29) is 0 Å². The molecule has 60 valence electrons. The van der Waals surface area contributed by atoms with E-state index in [1.54, 1.807) is 0 Å². The summed E-state index contributed by atoms with van der Waals surface area (Å²) in [6, 6.07) is 0. The van der Waals surface area contributed by atoms with Crippen molar-refractivity contribution in [3.8, 4) is 0 Å². The minimum atomic E-state index is -0.475. The van der Waals surface area contributed by atoms with E-state index in [0.717, 1.165) is 18.7 Å². The number of carbonyl (C=O) groups excluding carboxylic acids is 1. The number of aromatic nitrogens is 2. The fourth-order valence-corrected chi connectivity index (χ4v) is 1.02. The van der Waals surface area contributed by atoms with Gasteiger partial charge in [0.2, 0.25) is 0 Å². The van der Waals surface area contributed by atoms with E-state index in [9.17, 15) is 4.79 Å². The topological polar surface area (TPSA) is 42.9 Å². The van der Waals surface area contributed by atoms with Gasteiger partial charge in [-0.3, -0.25) is 4.79 Å². The van der Waals surface area contributed by atoms with Crippen LogP contribution in [0.3, 0.4) is 0 Å². The maximum absolute atomic E-state index is 10.6. The highest BCUT2D eigenvalue weighted by atomic mass is 16.1. The van der Waals surface area contributed by atoms with E-state index in [4.69, 9.17) is 6.92 Å². The van der Waals surface area contributed by atoms with Gasteiger partial charge in [0.05, 0.1) is 5.56 Å². The molecule has 3 nitrogen and oxygen atoms in total. The average Bonchev–Trinajstić information content (AvgIpc) is 2.87. The van der Waals surface area contributed by atoms with E-state index < -0.39 is 5.78 Å². The second-order valence-corrected chi connectivity index (χ2v) is 2.97. The Morgan fingerprint density at radius 2 is 2.00 bits per heavy atom. The summed E-state index contributed by atoms with van der Waals surface area (Å²) in [6.07, 6.45) is 5.30. The van der Waals surface area contributed by atoms with Gasteiger partial charge in [-0.2, -0.15) is 0 Å². The molecule has 1 fully saturated rings. The van der Waals surface area contributed by atoms with Crippen LogP contribution < -0.4 is 0 Å². The Morgan fingerprint density at radius 3 is 2.42 bits per heavy atom. The summed E-state index contributed by atoms with van der Waals surface area (Å²) in [6.45, 7) is 5.04. The molecule has 0 bridgehead atoms. The molecule has 0 amide bonds. The second-order valence-electron chi connectivity index (χ2n) is 2.97. The van der Waals surface area contributed by atoms with E-state index in [1.165, 1.54) is 12.4 Å². The predicted molar refractivity (Wildman–Crippen MR) is 42.6 cm³/mol. The van der Waals surface area contributed by atoms with Crippen LogP contribution in [-0.2, 0) is 0 Å². The number of hydrogen-bond donors (Lipinski definition) is 0. The lowest BCUT2D eigenvalue weighted by Crippen LogP contribution is -1.98. The van der Waals surface area contributed by atoms with Gasteiger partial charge in [-0.05, 0) is 12.8 Å². The summed E-state index contributed by atoms with van der Waals surface area (Å²) in [5, 5.41) is 0. The Morgan fingerprint density at radius 1 is 1.42 bits per heavy atom. The van der Waals surface area contributed by atoms with Crippen molar-refractivity contribution in [1.82, 2.24) is 9.97 Å². The molecule has 1 saturated carbocycles. The molecule has 0 atom stereocenters. The first-order valence-electron chi connectivity index (χ1n) is 3.89. The molecule has 0 N–H and O–H groups in total. The highest BCUT2D eigenvalue weighted by Crippen LogP contribution is 2.37. The number of carbonyl (C=O) groups is 1. The zero-order valence-electron chi connectivity index (χ0n) is 6.53. The van der Waals surface area contributed by atoms with Crippen molar-refractivity contribution in [2.75, 3.05) is 0 Å². The Kier molecular flexibility index (Phi) is 1.64. The number of nitrogens with zero attached hydrogens (tertiary/aromatic N) is 2. The molecular formula is C9H8N2O. The summed E-state index contributed by atoms with van der Waals surface area (Å²) in [4.78, 5) is 18.7.